The number of pyridine rings is 1. The predicted molar refractivity (Wildman–Crippen MR) is 79.5 cm³/mol. The highest BCUT2D eigenvalue weighted by Crippen LogP contribution is 2.26. The van der Waals surface area contributed by atoms with Crippen LogP contribution in [-0.2, 0) is 0 Å². The molecular weight excluding hydrogens is 262 g/mol. The van der Waals surface area contributed by atoms with Crippen LogP contribution in [0.4, 0.5) is 0 Å². The van der Waals surface area contributed by atoms with E-state index in [4.69, 9.17) is 10.2 Å². The van der Waals surface area contributed by atoms with Crippen LogP contribution in [0.3, 0.4) is 0 Å². The van der Waals surface area contributed by atoms with Crippen LogP contribution in [0.15, 0.2) is 42.7 Å². The molecule has 104 valence electrons. The molecule has 0 saturated heterocycles. The lowest BCUT2D eigenvalue weighted by Gasteiger charge is -2.20. The number of nitrogens with zero attached hydrogens (tertiary/aromatic N) is 5. The molecule has 0 aliphatic heterocycles. The Morgan fingerprint density at radius 2 is 2.05 bits per heavy atom. The van der Waals surface area contributed by atoms with E-state index in [0.717, 1.165) is 16.6 Å². The molecule has 0 fully saturated rings. The molecule has 2 heterocycles. The smallest absolute Gasteiger partial charge is 0.0991 e. The molecule has 1 aromatic carbocycles. The minimum atomic E-state index is 0.0487. The van der Waals surface area contributed by atoms with Gasteiger partial charge in [-0.15, -0.1) is 5.10 Å². The maximum Gasteiger partial charge on any atom is 0.0991 e. The average Bonchev–Trinajstić information content (AvgIpc) is 3.00. The van der Waals surface area contributed by atoms with E-state index in [9.17, 15) is 0 Å². The topological polar surface area (TPSA) is 67.4 Å². The summed E-state index contributed by atoms with van der Waals surface area (Å²) in [6.45, 7) is 4.27. The summed E-state index contributed by atoms with van der Waals surface area (Å²) in [5.74, 6) is 0.343. The zero-order valence-electron chi connectivity index (χ0n) is 11.9. The monoisotopic (exact) mass is 277 g/mol. The van der Waals surface area contributed by atoms with E-state index in [2.05, 4.69) is 30.2 Å². The summed E-state index contributed by atoms with van der Waals surface area (Å²) in [7, 11) is 0. The van der Waals surface area contributed by atoms with Crippen LogP contribution in [0, 0.1) is 17.2 Å². The van der Waals surface area contributed by atoms with Crippen LogP contribution in [0.25, 0.3) is 10.9 Å². The molecule has 3 aromatic rings. The quantitative estimate of drug-likeness (QED) is 0.738. The first-order chi connectivity index (χ1) is 10.2. The second kappa shape index (κ2) is 5.33. The number of hydrogen-bond donors (Lipinski definition) is 0. The van der Waals surface area contributed by atoms with E-state index in [-0.39, 0.29) is 6.04 Å². The van der Waals surface area contributed by atoms with E-state index >= 15 is 0 Å². The van der Waals surface area contributed by atoms with E-state index in [1.54, 1.807) is 12.3 Å². The Kier molecular flexibility index (Phi) is 3.36. The molecule has 1 unspecified atom stereocenters. The Morgan fingerprint density at radius 3 is 2.71 bits per heavy atom. The summed E-state index contributed by atoms with van der Waals surface area (Å²) in [4.78, 5) is 4.73. The Hall–Kier alpha value is -2.74. The first-order valence-corrected chi connectivity index (χ1v) is 6.85. The number of fused-ring (bicyclic) bond motifs is 1. The largest absolute Gasteiger partial charge is 0.251 e. The number of rotatable bonds is 3. The molecule has 0 amide bonds. The van der Waals surface area contributed by atoms with Crippen molar-refractivity contribution in [3.05, 3.63) is 54.0 Å². The zero-order chi connectivity index (χ0) is 14.8. The normalized spacial score (nSPS) is 12.5. The van der Waals surface area contributed by atoms with Gasteiger partial charge in [0.05, 0.1) is 35.1 Å². The van der Waals surface area contributed by atoms with Crippen molar-refractivity contribution < 1.29 is 0 Å². The third-order valence-corrected chi connectivity index (χ3v) is 3.50. The maximum absolute atomic E-state index is 8.95. The van der Waals surface area contributed by atoms with Crippen molar-refractivity contribution >= 4 is 10.9 Å². The second-order valence-corrected chi connectivity index (χ2v) is 5.33. The van der Waals surface area contributed by atoms with Gasteiger partial charge in [-0.3, -0.25) is 4.98 Å². The predicted octanol–water partition coefficient (Wildman–Crippen LogP) is 2.94. The molecule has 1 atom stereocenters. The molecule has 2 aromatic heterocycles. The molecule has 0 N–H and O–H groups in total. The molecule has 0 aliphatic carbocycles. The molecule has 0 radical (unpaired) electrons. The van der Waals surface area contributed by atoms with Crippen LogP contribution in [0.2, 0.25) is 0 Å². The van der Waals surface area contributed by atoms with E-state index < -0.39 is 0 Å². The third-order valence-electron chi connectivity index (χ3n) is 3.50. The van der Waals surface area contributed by atoms with Gasteiger partial charge in [0.15, 0.2) is 0 Å². The Bertz CT molecular complexity index is 799. The van der Waals surface area contributed by atoms with Gasteiger partial charge in [-0.05, 0) is 30.2 Å². The van der Waals surface area contributed by atoms with E-state index in [1.807, 2.05) is 35.1 Å². The molecule has 3 rings (SSSR count). The second-order valence-electron chi connectivity index (χ2n) is 5.33. The van der Waals surface area contributed by atoms with Gasteiger partial charge in [-0.1, -0.05) is 25.1 Å². The number of aromatic nitrogens is 4. The van der Waals surface area contributed by atoms with Crippen molar-refractivity contribution in [1.82, 2.24) is 20.0 Å². The van der Waals surface area contributed by atoms with Gasteiger partial charge in [0.2, 0.25) is 0 Å². The fourth-order valence-electron chi connectivity index (χ4n) is 2.52. The van der Waals surface area contributed by atoms with Crippen molar-refractivity contribution in [2.24, 2.45) is 5.92 Å². The van der Waals surface area contributed by atoms with Crippen LogP contribution in [0.5, 0.6) is 0 Å². The first-order valence-electron chi connectivity index (χ1n) is 6.85. The van der Waals surface area contributed by atoms with Crippen molar-refractivity contribution in [2.75, 3.05) is 0 Å². The Labute approximate surface area is 122 Å². The van der Waals surface area contributed by atoms with Crippen LogP contribution in [0.1, 0.15) is 31.1 Å². The summed E-state index contributed by atoms with van der Waals surface area (Å²) in [6.07, 6.45) is 3.53. The Morgan fingerprint density at radius 1 is 1.19 bits per heavy atom. The van der Waals surface area contributed by atoms with Gasteiger partial charge < -0.3 is 0 Å². The molecule has 21 heavy (non-hydrogen) atoms. The van der Waals surface area contributed by atoms with Gasteiger partial charge in [0.25, 0.3) is 0 Å². The van der Waals surface area contributed by atoms with Gasteiger partial charge in [0, 0.05) is 11.6 Å². The minimum absolute atomic E-state index is 0.0487. The molecular formula is C16H15N5. The lowest BCUT2D eigenvalue weighted by Crippen LogP contribution is -2.18. The van der Waals surface area contributed by atoms with E-state index in [1.165, 1.54) is 0 Å². The summed E-state index contributed by atoms with van der Waals surface area (Å²) < 4.78 is 1.84. The van der Waals surface area contributed by atoms with Crippen molar-refractivity contribution in [3.8, 4) is 6.07 Å². The standard InChI is InChI=1S/C16H15N5/c1-11(2)16(21-8-7-18-20-21)15-6-4-13-9-12(10-17)3-5-14(13)19-15/h3-9,11,16H,1-2H3. The summed E-state index contributed by atoms with van der Waals surface area (Å²) in [5.41, 5.74) is 2.48. The SMILES string of the molecule is CC(C)C(c1ccc2cc(C#N)ccc2n1)n1ccnn1. The van der Waals surface area contributed by atoms with Gasteiger partial charge >= 0.3 is 0 Å². The highest BCUT2D eigenvalue weighted by Gasteiger charge is 2.20. The zero-order valence-corrected chi connectivity index (χ0v) is 11.9. The fraction of sp³-hybridized carbons (Fsp3) is 0.250. The van der Waals surface area contributed by atoms with Crippen molar-refractivity contribution in [3.63, 3.8) is 0 Å². The number of nitriles is 1. The molecule has 5 heteroatoms. The van der Waals surface area contributed by atoms with Crippen molar-refractivity contribution in [1.29, 1.82) is 5.26 Å². The molecule has 0 aliphatic rings. The van der Waals surface area contributed by atoms with E-state index in [0.29, 0.717) is 11.5 Å². The lowest BCUT2D eigenvalue weighted by molar-refractivity contribution is 0.387. The third kappa shape index (κ3) is 2.48. The summed E-state index contributed by atoms with van der Waals surface area (Å²) >= 11 is 0. The summed E-state index contributed by atoms with van der Waals surface area (Å²) in [5, 5.41) is 17.9. The molecule has 0 saturated carbocycles. The lowest BCUT2D eigenvalue weighted by atomic mass is 9.99. The highest BCUT2D eigenvalue weighted by atomic mass is 15.4. The van der Waals surface area contributed by atoms with Gasteiger partial charge in [-0.2, -0.15) is 5.26 Å². The van der Waals surface area contributed by atoms with Crippen molar-refractivity contribution in [2.45, 2.75) is 19.9 Å². The minimum Gasteiger partial charge on any atom is -0.251 e. The fourth-order valence-corrected chi connectivity index (χ4v) is 2.52. The summed E-state index contributed by atoms with van der Waals surface area (Å²) in [6, 6.07) is 11.7. The molecule has 0 bridgehead atoms. The van der Waals surface area contributed by atoms with Crippen LogP contribution >= 0.6 is 0 Å². The average molecular weight is 277 g/mol. The maximum atomic E-state index is 8.95. The Balaban J connectivity index is 2.09. The van der Waals surface area contributed by atoms with Gasteiger partial charge in [-0.25, -0.2) is 4.68 Å². The van der Waals surface area contributed by atoms with Crippen LogP contribution in [-0.4, -0.2) is 20.0 Å². The van der Waals surface area contributed by atoms with Gasteiger partial charge in [0.1, 0.15) is 0 Å². The molecule has 5 nitrogen and oxygen atoms in total. The highest BCUT2D eigenvalue weighted by molar-refractivity contribution is 5.80. The van der Waals surface area contributed by atoms with Crippen LogP contribution < -0.4 is 0 Å². The number of benzene rings is 1. The number of hydrogen-bond acceptors (Lipinski definition) is 4. The molecule has 0 spiro atoms. The first kappa shape index (κ1) is 13.3.